The first-order valence-corrected chi connectivity index (χ1v) is 6.98. The molecule has 0 spiro atoms. The van der Waals surface area contributed by atoms with Gasteiger partial charge in [-0.25, -0.2) is 4.98 Å². The van der Waals surface area contributed by atoms with Crippen LogP contribution in [0.25, 0.3) is 0 Å². The van der Waals surface area contributed by atoms with Crippen LogP contribution in [0.2, 0.25) is 10.0 Å². The number of benzene rings is 1. The highest BCUT2D eigenvalue weighted by atomic mass is 35.5. The van der Waals surface area contributed by atoms with E-state index in [9.17, 15) is 13.2 Å². The number of nitrogens with one attached hydrogen (secondary N) is 2. The smallest absolute Gasteiger partial charge is 0.354 e. The maximum Gasteiger partial charge on any atom is 0.433 e. The minimum absolute atomic E-state index is 0.0394. The first-order valence-electron chi connectivity index (χ1n) is 6.22. The summed E-state index contributed by atoms with van der Waals surface area (Å²) in [6.07, 6.45) is -4.58. The molecule has 9 heteroatoms. The number of aromatic nitrogens is 2. The van der Waals surface area contributed by atoms with Gasteiger partial charge in [-0.3, -0.25) is 0 Å². The number of alkyl halides is 3. The largest absolute Gasteiger partial charge is 0.433 e. The molecule has 0 atom stereocenters. The second-order valence-corrected chi connectivity index (χ2v) is 5.00. The molecule has 0 saturated carbocycles. The van der Waals surface area contributed by atoms with E-state index in [1.165, 1.54) is 0 Å². The molecule has 1 aromatic carbocycles. The van der Waals surface area contributed by atoms with Crippen LogP contribution >= 0.6 is 23.2 Å². The lowest BCUT2D eigenvalue weighted by Crippen LogP contribution is -2.13. The fourth-order valence-corrected chi connectivity index (χ4v) is 1.98. The number of halogens is 5. The molecule has 1 heterocycles. The summed E-state index contributed by atoms with van der Waals surface area (Å²) >= 11 is 11.9. The van der Waals surface area contributed by atoms with Crippen LogP contribution in [0, 0.1) is 0 Å². The van der Waals surface area contributed by atoms with Gasteiger partial charge < -0.3 is 10.6 Å². The monoisotopic (exact) mass is 350 g/mol. The van der Waals surface area contributed by atoms with Gasteiger partial charge in [0, 0.05) is 12.6 Å². The summed E-state index contributed by atoms with van der Waals surface area (Å²) in [6.45, 7) is 2.11. The van der Waals surface area contributed by atoms with Crippen molar-refractivity contribution in [2.24, 2.45) is 0 Å². The fraction of sp³-hybridized carbons (Fsp3) is 0.231. The summed E-state index contributed by atoms with van der Waals surface area (Å²) < 4.78 is 38.6. The highest BCUT2D eigenvalue weighted by molar-refractivity contribution is 6.43. The molecule has 1 aromatic heterocycles. The maximum absolute atomic E-state index is 12.9. The SMILES string of the molecule is CCNc1nc(Nc2cccc(Cl)c2Cl)cc(C(F)(F)F)n1. The van der Waals surface area contributed by atoms with Crippen LogP contribution in [0.5, 0.6) is 0 Å². The molecule has 0 bridgehead atoms. The van der Waals surface area contributed by atoms with Gasteiger partial charge in [-0.2, -0.15) is 18.2 Å². The standard InChI is InChI=1S/C13H11Cl2F3N4/c1-2-19-12-21-9(13(16,17)18)6-10(22-12)20-8-5-3-4-7(14)11(8)15/h3-6H,2H2,1H3,(H2,19,20,21,22). The van der Waals surface area contributed by atoms with E-state index in [0.717, 1.165) is 6.07 Å². The highest BCUT2D eigenvalue weighted by Crippen LogP contribution is 2.33. The molecule has 2 N–H and O–H groups in total. The molecule has 0 aliphatic heterocycles. The van der Waals surface area contributed by atoms with E-state index < -0.39 is 11.9 Å². The molecule has 22 heavy (non-hydrogen) atoms. The third kappa shape index (κ3) is 3.92. The molecule has 0 fully saturated rings. The fourth-order valence-electron chi connectivity index (χ4n) is 1.63. The van der Waals surface area contributed by atoms with Gasteiger partial charge in [-0.15, -0.1) is 0 Å². The number of anilines is 3. The lowest BCUT2D eigenvalue weighted by molar-refractivity contribution is -0.141. The van der Waals surface area contributed by atoms with Crippen molar-refractivity contribution >= 4 is 40.7 Å². The van der Waals surface area contributed by atoms with E-state index in [4.69, 9.17) is 23.2 Å². The van der Waals surface area contributed by atoms with Gasteiger partial charge in [-0.1, -0.05) is 29.3 Å². The molecule has 0 aliphatic rings. The first-order chi connectivity index (χ1) is 10.3. The Labute approximate surface area is 134 Å². The summed E-state index contributed by atoms with van der Waals surface area (Å²) in [4.78, 5) is 7.40. The Morgan fingerprint density at radius 3 is 2.55 bits per heavy atom. The van der Waals surface area contributed by atoms with E-state index in [1.54, 1.807) is 25.1 Å². The van der Waals surface area contributed by atoms with Gasteiger partial charge in [0.15, 0.2) is 5.69 Å². The summed E-state index contributed by atoms with van der Waals surface area (Å²) in [5.41, 5.74) is -0.706. The normalized spacial score (nSPS) is 11.4. The van der Waals surface area contributed by atoms with Crippen molar-refractivity contribution in [3.05, 3.63) is 40.0 Å². The average molecular weight is 351 g/mol. The molecule has 0 saturated heterocycles. The molecule has 2 aromatic rings. The van der Waals surface area contributed by atoms with Crippen LogP contribution < -0.4 is 10.6 Å². The minimum atomic E-state index is -4.58. The number of hydrogen-bond donors (Lipinski definition) is 2. The van der Waals surface area contributed by atoms with Crippen molar-refractivity contribution in [3.63, 3.8) is 0 Å². The Morgan fingerprint density at radius 2 is 1.91 bits per heavy atom. The molecule has 118 valence electrons. The predicted octanol–water partition coefficient (Wildman–Crippen LogP) is 4.98. The molecule has 0 radical (unpaired) electrons. The summed E-state index contributed by atoms with van der Waals surface area (Å²) in [5, 5.41) is 5.84. The summed E-state index contributed by atoms with van der Waals surface area (Å²) in [6, 6.07) is 5.57. The zero-order chi connectivity index (χ0) is 16.3. The third-order valence-electron chi connectivity index (χ3n) is 2.57. The van der Waals surface area contributed by atoms with E-state index >= 15 is 0 Å². The molecule has 0 unspecified atom stereocenters. The van der Waals surface area contributed by atoms with Crippen molar-refractivity contribution in [1.29, 1.82) is 0 Å². The van der Waals surface area contributed by atoms with E-state index in [0.29, 0.717) is 12.2 Å². The third-order valence-corrected chi connectivity index (χ3v) is 3.38. The van der Waals surface area contributed by atoms with Gasteiger partial charge in [0.1, 0.15) is 5.82 Å². The molecule has 0 amide bonds. The molecular weight excluding hydrogens is 340 g/mol. The maximum atomic E-state index is 12.9. The van der Waals surface area contributed by atoms with Crippen molar-refractivity contribution < 1.29 is 13.2 Å². The lowest BCUT2D eigenvalue weighted by Gasteiger charge is -2.13. The lowest BCUT2D eigenvalue weighted by atomic mass is 10.3. The molecule has 4 nitrogen and oxygen atoms in total. The van der Waals surface area contributed by atoms with Crippen LogP contribution in [-0.4, -0.2) is 16.5 Å². The number of rotatable bonds is 4. The Balaban J connectivity index is 2.41. The van der Waals surface area contributed by atoms with E-state index in [-0.39, 0.29) is 21.8 Å². The van der Waals surface area contributed by atoms with Crippen LogP contribution in [0.3, 0.4) is 0 Å². The van der Waals surface area contributed by atoms with Gasteiger partial charge in [0.25, 0.3) is 0 Å². The summed E-state index contributed by atoms with van der Waals surface area (Å²) in [5.74, 6) is -0.166. The van der Waals surface area contributed by atoms with Crippen LogP contribution in [-0.2, 0) is 6.18 Å². The zero-order valence-corrected chi connectivity index (χ0v) is 12.8. The van der Waals surface area contributed by atoms with Gasteiger partial charge in [0.05, 0.1) is 15.7 Å². The average Bonchev–Trinajstić information content (AvgIpc) is 2.43. The quantitative estimate of drug-likeness (QED) is 0.816. The van der Waals surface area contributed by atoms with Gasteiger partial charge in [0.2, 0.25) is 5.95 Å². The Kier molecular flexibility index (Phi) is 4.97. The second-order valence-electron chi connectivity index (χ2n) is 4.22. The Morgan fingerprint density at radius 1 is 1.18 bits per heavy atom. The first kappa shape index (κ1) is 16.6. The van der Waals surface area contributed by atoms with Crippen molar-refractivity contribution in [2.45, 2.75) is 13.1 Å². The highest BCUT2D eigenvalue weighted by Gasteiger charge is 2.33. The summed E-state index contributed by atoms with van der Waals surface area (Å²) in [7, 11) is 0. The number of hydrogen-bond acceptors (Lipinski definition) is 4. The second kappa shape index (κ2) is 6.58. The van der Waals surface area contributed by atoms with Gasteiger partial charge in [-0.05, 0) is 19.1 Å². The van der Waals surface area contributed by atoms with Crippen molar-refractivity contribution in [2.75, 3.05) is 17.2 Å². The van der Waals surface area contributed by atoms with Crippen molar-refractivity contribution in [1.82, 2.24) is 9.97 Å². The van der Waals surface area contributed by atoms with E-state index in [1.807, 2.05) is 0 Å². The van der Waals surface area contributed by atoms with E-state index in [2.05, 4.69) is 20.6 Å². The Bertz CT molecular complexity index is 677. The molecule has 0 aliphatic carbocycles. The zero-order valence-electron chi connectivity index (χ0n) is 11.3. The topological polar surface area (TPSA) is 49.8 Å². The minimum Gasteiger partial charge on any atom is -0.354 e. The van der Waals surface area contributed by atoms with Crippen molar-refractivity contribution in [3.8, 4) is 0 Å². The molecule has 2 rings (SSSR count). The Hall–Kier alpha value is -1.73. The number of nitrogens with zero attached hydrogens (tertiary/aromatic N) is 2. The van der Waals surface area contributed by atoms with Crippen LogP contribution in [0.1, 0.15) is 12.6 Å². The predicted molar refractivity (Wildman–Crippen MR) is 80.9 cm³/mol. The van der Waals surface area contributed by atoms with Crippen LogP contribution in [0.4, 0.5) is 30.6 Å². The van der Waals surface area contributed by atoms with Gasteiger partial charge >= 0.3 is 6.18 Å². The molecular formula is C13H11Cl2F3N4. The van der Waals surface area contributed by atoms with Crippen LogP contribution in [0.15, 0.2) is 24.3 Å².